The Morgan fingerprint density at radius 1 is 1.05 bits per heavy atom. The third-order valence-corrected chi connectivity index (χ3v) is 2.95. The Morgan fingerprint density at radius 2 is 1.68 bits per heavy atom. The van der Waals surface area contributed by atoms with E-state index in [-0.39, 0.29) is 0 Å². The van der Waals surface area contributed by atoms with Gasteiger partial charge in [-0.15, -0.1) is 0 Å². The summed E-state index contributed by atoms with van der Waals surface area (Å²) in [7, 11) is 1.85. The number of rotatable bonds is 3. The quantitative estimate of drug-likeness (QED) is 0.925. The number of benzene rings is 1. The van der Waals surface area contributed by atoms with E-state index in [9.17, 15) is 8.78 Å². The number of nitrogens with zero attached hydrogens (tertiary/aromatic N) is 2. The van der Waals surface area contributed by atoms with Gasteiger partial charge in [-0.25, -0.2) is 18.7 Å². The van der Waals surface area contributed by atoms with Crippen LogP contribution in [0.5, 0.6) is 0 Å². The molecule has 0 saturated carbocycles. The zero-order valence-electron chi connectivity index (χ0n) is 11.1. The highest BCUT2D eigenvalue weighted by Gasteiger charge is 2.11. The minimum absolute atomic E-state index is 0.411. The molecule has 2 aromatic rings. The minimum atomic E-state index is -0.893. The Morgan fingerprint density at radius 3 is 2.21 bits per heavy atom. The number of aryl methyl sites for hydroxylation is 2. The summed E-state index contributed by atoms with van der Waals surface area (Å²) in [5.74, 6) is -1.35. The maximum atomic E-state index is 13.2. The molecular weight excluding hydrogens is 248 g/mol. The predicted molar refractivity (Wildman–Crippen MR) is 69.6 cm³/mol. The molecule has 0 saturated heterocycles. The summed E-state index contributed by atoms with van der Waals surface area (Å²) in [5, 5.41) is 3.05. The molecule has 19 heavy (non-hydrogen) atoms. The van der Waals surface area contributed by atoms with Gasteiger partial charge >= 0.3 is 0 Å². The van der Waals surface area contributed by atoms with Gasteiger partial charge in [-0.1, -0.05) is 0 Å². The Balaban J connectivity index is 2.48. The molecule has 1 aromatic carbocycles. The smallest absolute Gasteiger partial charge is 0.159 e. The topological polar surface area (TPSA) is 37.8 Å². The molecule has 3 nitrogen and oxygen atoms in total. The van der Waals surface area contributed by atoms with Crippen LogP contribution in [0.1, 0.15) is 17.0 Å². The maximum absolute atomic E-state index is 13.2. The van der Waals surface area contributed by atoms with E-state index >= 15 is 0 Å². The van der Waals surface area contributed by atoms with Crippen molar-refractivity contribution in [2.75, 3.05) is 7.05 Å². The van der Waals surface area contributed by atoms with Crippen LogP contribution in [0.15, 0.2) is 18.2 Å². The van der Waals surface area contributed by atoms with Crippen molar-refractivity contribution in [1.29, 1.82) is 0 Å². The van der Waals surface area contributed by atoms with Gasteiger partial charge in [-0.05, 0) is 39.1 Å². The van der Waals surface area contributed by atoms with Gasteiger partial charge in [0.15, 0.2) is 17.5 Å². The molecule has 0 radical (unpaired) electrons. The van der Waals surface area contributed by atoms with Crippen molar-refractivity contribution in [1.82, 2.24) is 15.3 Å². The van der Waals surface area contributed by atoms with Gasteiger partial charge in [0.05, 0.1) is 0 Å². The van der Waals surface area contributed by atoms with Crippen LogP contribution >= 0.6 is 0 Å². The Hall–Kier alpha value is -1.88. The second-order valence-electron chi connectivity index (χ2n) is 4.36. The van der Waals surface area contributed by atoms with Gasteiger partial charge in [0, 0.05) is 29.1 Å². The van der Waals surface area contributed by atoms with Crippen LogP contribution in [0.2, 0.25) is 0 Å². The maximum Gasteiger partial charge on any atom is 0.159 e. The van der Waals surface area contributed by atoms with Gasteiger partial charge in [0.1, 0.15) is 0 Å². The van der Waals surface area contributed by atoms with E-state index < -0.39 is 11.6 Å². The zero-order chi connectivity index (χ0) is 14.0. The molecule has 0 spiro atoms. The molecule has 2 rings (SSSR count). The lowest BCUT2D eigenvalue weighted by Gasteiger charge is -2.10. The SMILES string of the molecule is CNCc1c(C)nc(-c2ccc(F)c(F)c2)nc1C. The van der Waals surface area contributed by atoms with Gasteiger partial charge in [-0.2, -0.15) is 0 Å². The second-order valence-corrected chi connectivity index (χ2v) is 4.36. The zero-order valence-corrected chi connectivity index (χ0v) is 11.1. The summed E-state index contributed by atoms with van der Waals surface area (Å²) in [4.78, 5) is 8.71. The highest BCUT2D eigenvalue weighted by molar-refractivity contribution is 5.55. The van der Waals surface area contributed by atoms with Gasteiger partial charge in [-0.3, -0.25) is 0 Å². The molecule has 1 N–H and O–H groups in total. The molecule has 0 aliphatic rings. The van der Waals surface area contributed by atoms with Crippen LogP contribution < -0.4 is 5.32 Å². The highest BCUT2D eigenvalue weighted by Crippen LogP contribution is 2.20. The molecule has 0 aliphatic carbocycles. The number of halogens is 2. The Bertz CT molecular complexity index is 589. The molecule has 5 heteroatoms. The van der Waals surface area contributed by atoms with E-state index in [2.05, 4.69) is 15.3 Å². The molecule has 1 heterocycles. The van der Waals surface area contributed by atoms with Crippen LogP contribution in [0.25, 0.3) is 11.4 Å². The number of aromatic nitrogens is 2. The third kappa shape index (κ3) is 2.76. The molecule has 0 aliphatic heterocycles. The number of nitrogens with one attached hydrogen (secondary N) is 1. The average molecular weight is 263 g/mol. The van der Waals surface area contributed by atoms with Crippen molar-refractivity contribution < 1.29 is 8.78 Å². The molecule has 0 unspecified atom stereocenters. The first-order valence-corrected chi connectivity index (χ1v) is 5.97. The number of hydrogen-bond acceptors (Lipinski definition) is 3. The fourth-order valence-electron chi connectivity index (χ4n) is 1.94. The molecule has 100 valence electrons. The standard InChI is InChI=1S/C14H15F2N3/c1-8-11(7-17-3)9(2)19-14(18-8)10-4-5-12(15)13(16)6-10/h4-6,17H,7H2,1-3H3. The first-order chi connectivity index (χ1) is 9.02. The van der Waals surface area contributed by atoms with E-state index in [0.717, 1.165) is 29.1 Å². The summed E-state index contributed by atoms with van der Waals surface area (Å²) >= 11 is 0. The lowest BCUT2D eigenvalue weighted by atomic mass is 10.1. The lowest BCUT2D eigenvalue weighted by Crippen LogP contribution is -2.11. The lowest BCUT2D eigenvalue weighted by molar-refractivity contribution is 0.509. The van der Waals surface area contributed by atoms with Gasteiger partial charge in [0.2, 0.25) is 0 Å². The summed E-state index contributed by atoms with van der Waals surface area (Å²) in [6.45, 7) is 4.44. The van der Waals surface area contributed by atoms with Crippen molar-refractivity contribution in [2.24, 2.45) is 0 Å². The van der Waals surface area contributed by atoms with Crippen molar-refractivity contribution in [3.63, 3.8) is 0 Å². The fourth-order valence-corrected chi connectivity index (χ4v) is 1.94. The van der Waals surface area contributed by atoms with Gasteiger partial charge in [0.25, 0.3) is 0 Å². The van der Waals surface area contributed by atoms with E-state index in [1.165, 1.54) is 6.07 Å². The summed E-state index contributed by atoms with van der Waals surface area (Å²) in [6.07, 6.45) is 0. The second kappa shape index (κ2) is 5.40. The van der Waals surface area contributed by atoms with E-state index in [0.29, 0.717) is 17.9 Å². The molecule has 0 bridgehead atoms. The molecule has 0 fully saturated rings. The fraction of sp³-hybridized carbons (Fsp3) is 0.286. The molecule has 0 amide bonds. The van der Waals surface area contributed by atoms with Crippen molar-refractivity contribution in [3.8, 4) is 11.4 Å². The van der Waals surface area contributed by atoms with Crippen LogP contribution in [0, 0.1) is 25.5 Å². The molecular formula is C14H15F2N3. The third-order valence-electron chi connectivity index (χ3n) is 2.95. The van der Waals surface area contributed by atoms with E-state index in [1.54, 1.807) is 0 Å². The number of hydrogen-bond donors (Lipinski definition) is 1. The van der Waals surface area contributed by atoms with Crippen molar-refractivity contribution >= 4 is 0 Å². The van der Waals surface area contributed by atoms with Crippen molar-refractivity contribution in [2.45, 2.75) is 20.4 Å². The van der Waals surface area contributed by atoms with Crippen LogP contribution in [0.4, 0.5) is 8.78 Å². The van der Waals surface area contributed by atoms with Gasteiger partial charge < -0.3 is 5.32 Å². The van der Waals surface area contributed by atoms with Crippen LogP contribution in [-0.4, -0.2) is 17.0 Å². The molecule has 0 atom stereocenters. The average Bonchev–Trinajstić information content (AvgIpc) is 2.37. The summed E-state index contributed by atoms with van der Waals surface area (Å²) in [5.41, 5.74) is 3.16. The first-order valence-electron chi connectivity index (χ1n) is 5.97. The van der Waals surface area contributed by atoms with Crippen LogP contribution in [-0.2, 0) is 6.54 Å². The van der Waals surface area contributed by atoms with E-state index in [1.807, 2.05) is 20.9 Å². The normalized spacial score (nSPS) is 10.8. The monoisotopic (exact) mass is 263 g/mol. The highest BCUT2D eigenvalue weighted by atomic mass is 19.2. The Labute approximate surface area is 110 Å². The predicted octanol–water partition coefficient (Wildman–Crippen LogP) is 2.76. The largest absolute Gasteiger partial charge is 0.316 e. The van der Waals surface area contributed by atoms with Crippen LogP contribution in [0.3, 0.4) is 0 Å². The van der Waals surface area contributed by atoms with Crippen molar-refractivity contribution in [3.05, 3.63) is 46.8 Å². The summed E-state index contributed by atoms with van der Waals surface area (Å²) < 4.78 is 26.1. The van der Waals surface area contributed by atoms with E-state index in [4.69, 9.17) is 0 Å². The minimum Gasteiger partial charge on any atom is -0.316 e. The Kier molecular flexibility index (Phi) is 3.85. The molecule has 1 aromatic heterocycles. The first kappa shape index (κ1) is 13.5. The summed E-state index contributed by atoms with van der Waals surface area (Å²) in [6, 6.07) is 3.67.